The van der Waals surface area contributed by atoms with Crippen LogP contribution in [0, 0.1) is 0 Å². The maximum Gasteiger partial charge on any atom is 0.338 e. The highest BCUT2D eigenvalue weighted by Gasteiger charge is 2.34. The van der Waals surface area contributed by atoms with Crippen LogP contribution in [0.1, 0.15) is 122 Å². The normalized spacial score (nSPS) is 15.6. The van der Waals surface area contributed by atoms with Crippen molar-refractivity contribution in [3.05, 3.63) is 52.7 Å². The van der Waals surface area contributed by atoms with E-state index in [2.05, 4.69) is 29.7 Å². The molecule has 1 atom stereocenters. The number of amides is 2. The standard InChI is InChI=1S/C32H50N2O4/c1-6-8-9-10-11-12-13-14-15-16-17-18-19-21-26-27(22-20-23-28(26)37-7-2)30-29(31(35)38-24(3)4)25(5)33-32(36)34-30/h14-15,20,22-24,30H,6-13,16-19,21H2,1-5H3,(H2,33,34,36). The molecule has 6 heteroatoms. The minimum absolute atomic E-state index is 0.254. The van der Waals surface area contributed by atoms with Crippen molar-refractivity contribution in [1.82, 2.24) is 10.6 Å². The van der Waals surface area contributed by atoms with E-state index in [1.165, 1.54) is 44.9 Å². The van der Waals surface area contributed by atoms with Gasteiger partial charge in [0.25, 0.3) is 0 Å². The second-order valence-corrected chi connectivity index (χ2v) is 10.4. The molecule has 0 radical (unpaired) electrons. The summed E-state index contributed by atoms with van der Waals surface area (Å²) in [6.07, 6.45) is 18.8. The highest BCUT2D eigenvalue weighted by Crippen LogP contribution is 2.35. The van der Waals surface area contributed by atoms with Gasteiger partial charge in [-0.15, -0.1) is 0 Å². The zero-order valence-corrected chi connectivity index (χ0v) is 24.4. The number of unbranched alkanes of at least 4 members (excludes halogenated alkanes) is 9. The maximum atomic E-state index is 13.0. The van der Waals surface area contributed by atoms with Crippen molar-refractivity contribution in [3.63, 3.8) is 0 Å². The molecule has 1 aliphatic heterocycles. The molecule has 1 aliphatic rings. The molecule has 0 spiro atoms. The molecule has 2 N–H and O–H groups in total. The fourth-order valence-electron chi connectivity index (χ4n) is 4.91. The third-order valence-corrected chi connectivity index (χ3v) is 6.80. The molecule has 2 rings (SSSR count). The SMILES string of the molecule is CCCCCCCCC=CCCCCCc1c(OCC)cccc1C1NC(=O)NC(C)=C1C(=O)OC(C)C. The van der Waals surface area contributed by atoms with Gasteiger partial charge in [0.2, 0.25) is 0 Å². The molecular formula is C32H50N2O4. The molecule has 1 unspecified atom stereocenters. The van der Waals surface area contributed by atoms with Gasteiger partial charge in [0.1, 0.15) is 5.75 Å². The van der Waals surface area contributed by atoms with Crippen molar-refractivity contribution < 1.29 is 19.1 Å². The number of ether oxygens (including phenoxy) is 2. The van der Waals surface area contributed by atoms with Crippen LogP contribution in [0.4, 0.5) is 4.79 Å². The van der Waals surface area contributed by atoms with Gasteiger partial charge in [0.05, 0.1) is 24.3 Å². The Labute approximate surface area is 230 Å². The molecule has 212 valence electrons. The third kappa shape index (κ3) is 10.5. The lowest BCUT2D eigenvalue weighted by Crippen LogP contribution is -2.45. The predicted octanol–water partition coefficient (Wildman–Crippen LogP) is 8.07. The second kappa shape index (κ2) is 17.7. The van der Waals surface area contributed by atoms with Gasteiger partial charge >= 0.3 is 12.0 Å². The van der Waals surface area contributed by atoms with Gasteiger partial charge in [0, 0.05) is 5.70 Å². The Hall–Kier alpha value is -2.76. The topological polar surface area (TPSA) is 76.7 Å². The Morgan fingerprint density at radius 1 is 0.974 bits per heavy atom. The first-order valence-electron chi connectivity index (χ1n) is 14.8. The number of carbonyl (C=O) groups is 2. The largest absolute Gasteiger partial charge is 0.494 e. The van der Waals surface area contributed by atoms with Gasteiger partial charge in [-0.25, -0.2) is 9.59 Å². The number of benzene rings is 1. The van der Waals surface area contributed by atoms with Crippen molar-refractivity contribution in [3.8, 4) is 5.75 Å². The lowest BCUT2D eigenvalue weighted by molar-refractivity contribution is -0.143. The van der Waals surface area contributed by atoms with Crippen LogP contribution in [-0.4, -0.2) is 24.7 Å². The van der Waals surface area contributed by atoms with E-state index in [0.717, 1.165) is 49.0 Å². The van der Waals surface area contributed by atoms with Crippen molar-refractivity contribution in [2.75, 3.05) is 6.61 Å². The lowest BCUT2D eigenvalue weighted by Gasteiger charge is -2.30. The summed E-state index contributed by atoms with van der Waals surface area (Å²) in [7, 11) is 0. The predicted molar refractivity (Wildman–Crippen MR) is 155 cm³/mol. The Bertz CT molecular complexity index is 935. The van der Waals surface area contributed by atoms with Gasteiger partial charge in [-0.2, -0.15) is 0 Å². The highest BCUT2D eigenvalue weighted by molar-refractivity contribution is 5.95. The summed E-state index contributed by atoms with van der Waals surface area (Å²) in [6, 6.07) is 4.96. The third-order valence-electron chi connectivity index (χ3n) is 6.80. The van der Waals surface area contributed by atoms with E-state index in [9.17, 15) is 9.59 Å². The van der Waals surface area contributed by atoms with Crippen LogP contribution in [0.3, 0.4) is 0 Å². The number of urea groups is 1. The van der Waals surface area contributed by atoms with Crippen molar-refractivity contribution in [2.45, 2.75) is 124 Å². The first-order valence-corrected chi connectivity index (χ1v) is 14.8. The maximum absolute atomic E-state index is 13.0. The molecule has 1 heterocycles. The van der Waals surface area contributed by atoms with Gasteiger partial charge in [-0.3, -0.25) is 0 Å². The van der Waals surface area contributed by atoms with Gasteiger partial charge in [-0.05, 0) is 83.4 Å². The number of rotatable bonds is 18. The van der Waals surface area contributed by atoms with E-state index < -0.39 is 12.0 Å². The molecule has 0 aromatic heterocycles. The summed E-state index contributed by atoms with van der Waals surface area (Å²) in [4.78, 5) is 25.4. The molecule has 2 amide bonds. The van der Waals surface area contributed by atoms with Crippen LogP contribution in [0.2, 0.25) is 0 Å². The summed E-state index contributed by atoms with van der Waals surface area (Å²) in [6.45, 7) is 10.2. The first kappa shape index (κ1) is 31.5. The van der Waals surface area contributed by atoms with Crippen molar-refractivity contribution in [1.29, 1.82) is 0 Å². The number of hydrogen-bond acceptors (Lipinski definition) is 4. The molecule has 38 heavy (non-hydrogen) atoms. The van der Waals surface area contributed by atoms with Crippen LogP contribution in [0.5, 0.6) is 5.75 Å². The lowest BCUT2D eigenvalue weighted by atomic mass is 9.89. The molecule has 0 aliphatic carbocycles. The zero-order valence-electron chi connectivity index (χ0n) is 24.4. The van der Waals surface area contributed by atoms with Crippen molar-refractivity contribution in [2.24, 2.45) is 0 Å². The minimum atomic E-state index is -0.588. The number of nitrogens with one attached hydrogen (secondary N) is 2. The van der Waals surface area contributed by atoms with Crippen LogP contribution in [0.25, 0.3) is 0 Å². The number of allylic oxidation sites excluding steroid dienone is 3. The fourth-order valence-corrected chi connectivity index (χ4v) is 4.91. The van der Waals surface area contributed by atoms with E-state index in [1.807, 2.05) is 39.0 Å². The quantitative estimate of drug-likeness (QED) is 0.115. The van der Waals surface area contributed by atoms with Gasteiger partial charge < -0.3 is 20.1 Å². The van der Waals surface area contributed by atoms with Crippen LogP contribution >= 0.6 is 0 Å². The Morgan fingerprint density at radius 3 is 2.29 bits per heavy atom. The summed E-state index contributed by atoms with van der Waals surface area (Å²) in [5.74, 6) is 0.390. The average molecular weight is 527 g/mol. The highest BCUT2D eigenvalue weighted by atomic mass is 16.5. The molecular weight excluding hydrogens is 476 g/mol. The Morgan fingerprint density at radius 2 is 1.63 bits per heavy atom. The van der Waals surface area contributed by atoms with E-state index in [0.29, 0.717) is 17.9 Å². The second-order valence-electron chi connectivity index (χ2n) is 10.4. The van der Waals surface area contributed by atoms with Crippen LogP contribution < -0.4 is 15.4 Å². The van der Waals surface area contributed by atoms with Crippen LogP contribution in [-0.2, 0) is 16.0 Å². The Kier molecular flexibility index (Phi) is 14.6. The smallest absolute Gasteiger partial charge is 0.338 e. The summed E-state index contributed by atoms with van der Waals surface area (Å²) >= 11 is 0. The minimum Gasteiger partial charge on any atom is -0.494 e. The number of hydrogen-bond donors (Lipinski definition) is 2. The average Bonchev–Trinajstić information content (AvgIpc) is 2.86. The molecule has 0 saturated heterocycles. The molecule has 6 nitrogen and oxygen atoms in total. The monoisotopic (exact) mass is 526 g/mol. The molecule has 1 aromatic carbocycles. The van der Waals surface area contributed by atoms with E-state index in [-0.39, 0.29) is 12.1 Å². The first-order chi connectivity index (χ1) is 18.4. The molecule has 0 bridgehead atoms. The van der Waals surface area contributed by atoms with Gasteiger partial charge in [0.15, 0.2) is 0 Å². The summed E-state index contributed by atoms with van der Waals surface area (Å²) in [5.41, 5.74) is 2.89. The van der Waals surface area contributed by atoms with E-state index >= 15 is 0 Å². The van der Waals surface area contributed by atoms with E-state index in [4.69, 9.17) is 9.47 Å². The van der Waals surface area contributed by atoms with Crippen LogP contribution in [0.15, 0.2) is 41.6 Å². The Balaban J connectivity index is 2.01. The molecule has 0 fully saturated rings. The summed E-state index contributed by atoms with van der Waals surface area (Å²) < 4.78 is 11.5. The van der Waals surface area contributed by atoms with Crippen molar-refractivity contribution >= 4 is 12.0 Å². The number of carbonyl (C=O) groups excluding carboxylic acids is 2. The number of esters is 1. The van der Waals surface area contributed by atoms with Gasteiger partial charge in [-0.1, -0.05) is 69.7 Å². The summed E-state index contributed by atoms with van der Waals surface area (Å²) in [5, 5.41) is 5.68. The molecule has 0 saturated carbocycles. The molecule has 1 aromatic rings. The van der Waals surface area contributed by atoms with E-state index in [1.54, 1.807) is 6.92 Å². The fraction of sp³-hybridized carbons (Fsp3) is 0.625. The zero-order chi connectivity index (χ0) is 27.8.